The summed E-state index contributed by atoms with van der Waals surface area (Å²) in [6, 6.07) is 7.57. The number of fused-ring (bicyclic) bond motifs is 2. The Bertz CT molecular complexity index is 516. The summed E-state index contributed by atoms with van der Waals surface area (Å²) < 4.78 is 6.38. The van der Waals surface area contributed by atoms with E-state index in [2.05, 4.69) is 26.8 Å². The number of ether oxygens (including phenoxy) is 1. The van der Waals surface area contributed by atoms with Gasteiger partial charge in [-0.3, -0.25) is 0 Å². The maximum Gasteiger partial charge on any atom is 0.121 e. The van der Waals surface area contributed by atoms with Crippen molar-refractivity contribution in [2.24, 2.45) is 11.8 Å². The second kappa shape index (κ2) is 4.38. The summed E-state index contributed by atoms with van der Waals surface area (Å²) in [5, 5.41) is 10.1. The van der Waals surface area contributed by atoms with Crippen molar-refractivity contribution < 1.29 is 9.84 Å². The zero-order chi connectivity index (χ0) is 13.6. The maximum absolute atomic E-state index is 10.1. The second-order valence-electron chi connectivity index (χ2n) is 6.42. The summed E-state index contributed by atoms with van der Waals surface area (Å²) in [6.07, 6.45) is 4.61. The number of hydrogen-bond donors (Lipinski definition) is 1. The van der Waals surface area contributed by atoms with Crippen molar-refractivity contribution in [1.29, 1.82) is 0 Å². The average molecular weight is 258 g/mol. The van der Waals surface area contributed by atoms with Crippen LogP contribution in [0.5, 0.6) is 5.75 Å². The molecule has 102 valence electrons. The fourth-order valence-electron chi connectivity index (χ4n) is 3.51. The van der Waals surface area contributed by atoms with Gasteiger partial charge in [0.05, 0.1) is 11.7 Å². The van der Waals surface area contributed by atoms with Crippen LogP contribution in [-0.4, -0.2) is 10.7 Å². The number of phenolic OH excluding ortho intramolecular Hbond substituents is 1. The molecular weight excluding hydrogens is 236 g/mol. The van der Waals surface area contributed by atoms with Crippen molar-refractivity contribution in [3.8, 4) is 5.75 Å². The number of hydrogen-bond acceptors (Lipinski definition) is 2. The lowest BCUT2D eigenvalue weighted by molar-refractivity contribution is -0.167. The van der Waals surface area contributed by atoms with E-state index in [9.17, 15) is 5.11 Å². The van der Waals surface area contributed by atoms with E-state index in [1.165, 1.54) is 5.57 Å². The van der Waals surface area contributed by atoms with Crippen molar-refractivity contribution in [3.05, 3.63) is 41.5 Å². The molecule has 2 nitrogen and oxygen atoms in total. The first kappa shape index (κ1) is 12.7. The topological polar surface area (TPSA) is 29.5 Å². The molecule has 2 bridgehead atoms. The van der Waals surface area contributed by atoms with Gasteiger partial charge in [-0.2, -0.15) is 0 Å². The third kappa shape index (κ3) is 2.08. The first-order chi connectivity index (χ1) is 8.99. The van der Waals surface area contributed by atoms with Crippen LogP contribution in [-0.2, 0) is 4.74 Å². The molecule has 2 heteroatoms. The molecular formula is C17H22O2. The summed E-state index contributed by atoms with van der Waals surface area (Å²) in [5.41, 5.74) is 2.20. The molecule has 3 atom stereocenters. The molecule has 1 aliphatic heterocycles. The van der Waals surface area contributed by atoms with Gasteiger partial charge in [0, 0.05) is 11.5 Å². The molecule has 3 rings (SSSR count). The molecule has 0 saturated carbocycles. The first-order valence-corrected chi connectivity index (χ1v) is 7.11. The van der Waals surface area contributed by atoms with Gasteiger partial charge in [0.1, 0.15) is 5.75 Å². The van der Waals surface area contributed by atoms with Crippen LogP contribution in [0.15, 0.2) is 35.9 Å². The molecule has 0 unspecified atom stereocenters. The lowest BCUT2D eigenvalue weighted by Gasteiger charge is -2.49. The zero-order valence-electron chi connectivity index (χ0n) is 11.9. The molecule has 1 aromatic carbocycles. The zero-order valence-corrected chi connectivity index (χ0v) is 11.9. The third-order valence-corrected chi connectivity index (χ3v) is 4.87. The monoisotopic (exact) mass is 258 g/mol. The van der Waals surface area contributed by atoms with Crippen molar-refractivity contribution in [3.63, 3.8) is 0 Å². The van der Waals surface area contributed by atoms with E-state index in [0.29, 0.717) is 17.6 Å². The fourth-order valence-corrected chi connectivity index (χ4v) is 3.51. The third-order valence-electron chi connectivity index (χ3n) is 4.87. The van der Waals surface area contributed by atoms with E-state index in [-0.39, 0.29) is 11.7 Å². The van der Waals surface area contributed by atoms with Crippen LogP contribution in [0.2, 0.25) is 0 Å². The van der Waals surface area contributed by atoms with Crippen LogP contribution in [0.25, 0.3) is 0 Å². The summed E-state index contributed by atoms with van der Waals surface area (Å²) in [4.78, 5) is 0. The van der Waals surface area contributed by atoms with E-state index >= 15 is 0 Å². The van der Waals surface area contributed by atoms with Gasteiger partial charge in [0.15, 0.2) is 0 Å². The van der Waals surface area contributed by atoms with Crippen molar-refractivity contribution in [2.45, 2.75) is 45.3 Å². The first-order valence-electron chi connectivity index (χ1n) is 7.11. The van der Waals surface area contributed by atoms with Gasteiger partial charge < -0.3 is 9.84 Å². The largest absolute Gasteiger partial charge is 0.508 e. The standard InChI is InChI=1S/C17H22O2/c1-11-8-9-12-10-14(11)16(19-17(12,2)3)13-6-4-5-7-15(13)18/h4-8,12,14,16,18H,9-10H2,1-3H3/t12-,14+,16-/m0/s1. The lowest BCUT2D eigenvalue weighted by Crippen LogP contribution is -2.45. The Balaban J connectivity index is 2.03. The number of aromatic hydroxyl groups is 1. The Hall–Kier alpha value is -1.28. The molecule has 0 aromatic heterocycles. The number of benzene rings is 1. The minimum Gasteiger partial charge on any atom is -0.508 e. The number of phenols is 1. The van der Waals surface area contributed by atoms with E-state index in [0.717, 1.165) is 18.4 Å². The van der Waals surface area contributed by atoms with Crippen LogP contribution in [0.1, 0.15) is 45.3 Å². The maximum atomic E-state index is 10.1. The summed E-state index contributed by atoms with van der Waals surface area (Å²) in [7, 11) is 0. The number of allylic oxidation sites excluding steroid dienone is 1. The van der Waals surface area contributed by atoms with Crippen LogP contribution in [0.4, 0.5) is 0 Å². The molecule has 1 fully saturated rings. The highest BCUT2D eigenvalue weighted by Gasteiger charge is 2.45. The predicted octanol–water partition coefficient (Wildman–Crippen LogP) is 4.21. The molecule has 1 N–H and O–H groups in total. The van der Waals surface area contributed by atoms with Crippen LogP contribution < -0.4 is 0 Å². The summed E-state index contributed by atoms with van der Waals surface area (Å²) in [6.45, 7) is 6.54. The highest BCUT2D eigenvalue weighted by atomic mass is 16.5. The lowest BCUT2D eigenvalue weighted by atomic mass is 9.68. The summed E-state index contributed by atoms with van der Waals surface area (Å²) in [5.74, 6) is 1.34. The minimum atomic E-state index is -0.124. The highest BCUT2D eigenvalue weighted by molar-refractivity contribution is 5.36. The molecule has 19 heavy (non-hydrogen) atoms. The number of para-hydroxylation sites is 1. The van der Waals surface area contributed by atoms with E-state index in [4.69, 9.17) is 4.74 Å². The Labute approximate surface area is 115 Å². The quantitative estimate of drug-likeness (QED) is 0.764. The molecule has 2 aliphatic rings. The van der Waals surface area contributed by atoms with Crippen LogP contribution in [0, 0.1) is 11.8 Å². The van der Waals surface area contributed by atoms with Gasteiger partial charge in [-0.25, -0.2) is 0 Å². The average Bonchev–Trinajstić information content (AvgIpc) is 2.37. The van der Waals surface area contributed by atoms with Crippen molar-refractivity contribution >= 4 is 0 Å². The van der Waals surface area contributed by atoms with Gasteiger partial charge in [-0.15, -0.1) is 0 Å². The Morgan fingerprint density at radius 3 is 2.74 bits per heavy atom. The van der Waals surface area contributed by atoms with Crippen LogP contribution in [0.3, 0.4) is 0 Å². The molecule has 1 saturated heterocycles. The van der Waals surface area contributed by atoms with Crippen molar-refractivity contribution in [1.82, 2.24) is 0 Å². The molecule has 1 heterocycles. The molecule has 0 radical (unpaired) electrons. The SMILES string of the molecule is CC1=CC[C@H]2C[C@H]1[C@H](c1ccccc1O)OC2(C)C. The van der Waals surface area contributed by atoms with E-state index < -0.39 is 0 Å². The number of rotatable bonds is 1. The summed E-state index contributed by atoms with van der Waals surface area (Å²) >= 11 is 0. The molecule has 0 amide bonds. The normalized spacial score (nSPS) is 32.8. The molecule has 1 aromatic rings. The molecule has 1 aliphatic carbocycles. The van der Waals surface area contributed by atoms with Gasteiger partial charge in [0.25, 0.3) is 0 Å². The van der Waals surface area contributed by atoms with E-state index in [1.807, 2.05) is 18.2 Å². The van der Waals surface area contributed by atoms with Gasteiger partial charge >= 0.3 is 0 Å². The smallest absolute Gasteiger partial charge is 0.121 e. The Kier molecular flexibility index (Phi) is 2.94. The van der Waals surface area contributed by atoms with Gasteiger partial charge in [-0.1, -0.05) is 29.8 Å². The van der Waals surface area contributed by atoms with Crippen molar-refractivity contribution in [2.75, 3.05) is 0 Å². The Morgan fingerprint density at radius 2 is 2.00 bits per heavy atom. The van der Waals surface area contributed by atoms with Gasteiger partial charge in [-0.05, 0) is 45.6 Å². The predicted molar refractivity (Wildman–Crippen MR) is 76.0 cm³/mol. The van der Waals surface area contributed by atoms with Crippen LogP contribution >= 0.6 is 0 Å². The highest BCUT2D eigenvalue weighted by Crippen LogP contribution is 2.52. The Morgan fingerprint density at radius 1 is 1.26 bits per heavy atom. The molecule has 0 spiro atoms. The fraction of sp³-hybridized carbons (Fsp3) is 0.529. The second-order valence-corrected chi connectivity index (χ2v) is 6.42. The van der Waals surface area contributed by atoms with Gasteiger partial charge in [0.2, 0.25) is 0 Å². The minimum absolute atomic E-state index is 0.0241. The van der Waals surface area contributed by atoms with E-state index in [1.54, 1.807) is 6.07 Å².